The first-order valence-electron chi connectivity index (χ1n) is 6.64. The van der Waals surface area contributed by atoms with E-state index in [-0.39, 0.29) is 5.91 Å². The van der Waals surface area contributed by atoms with Crippen LogP contribution in [0.25, 0.3) is 0 Å². The number of hydrogen-bond acceptors (Lipinski definition) is 4. The smallest absolute Gasteiger partial charge is 0.257 e. The second-order valence-electron chi connectivity index (χ2n) is 4.34. The molecule has 0 aliphatic heterocycles. The standard InChI is InChI=1S/C16H17N3OS/c1-2-15(21-12-14-5-9-18-10-6-14)16(20)19-11-13-3-7-17-8-4-13/h2-10H,11-12H2,1H3,(H,19,20)/b15-2-. The van der Waals surface area contributed by atoms with Gasteiger partial charge in [-0.05, 0) is 42.3 Å². The largest absolute Gasteiger partial charge is 0.348 e. The van der Waals surface area contributed by atoms with E-state index in [2.05, 4.69) is 15.3 Å². The van der Waals surface area contributed by atoms with Crippen LogP contribution in [0, 0.1) is 0 Å². The Morgan fingerprint density at radius 3 is 2.24 bits per heavy atom. The number of carbonyl (C=O) groups is 1. The molecule has 108 valence electrons. The lowest BCUT2D eigenvalue weighted by Gasteiger charge is -2.08. The zero-order valence-corrected chi connectivity index (χ0v) is 12.6. The molecule has 0 bridgehead atoms. The van der Waals surface area contributed by atoms with Gasteiger partial charge in [0.25, 0.3) is 5.91 Å². The zero-order valence-electron chi connectivity index (χ0n) is 11.8. The third-order valence-electron chi connectivity index (χ3n) is 2.83. The van der Waals surface area contributed by atoms with Crippen LogP contribution >= 0.6 is 11.8 Å². The van der Waals surface area contributed by atoms with E-state index in [1.807, 2.05) is 37.3 Å². The van der Waals surface area contributed by atoms with Gasteiger partial charge in [-0.2, -0.15) is 0 Å². The number of amides is 1. The number of allylic oxidation sites excluding steroid dienone is 1. The Morgan fingerprint density at radius 2 is 1.67 bits per heavy atom. The molecule has 0 radical (unpaired) electrons. The number of pyridine rings is 2. The van der Waals surface area contributed by atoms with Crippen LogP contribution in [0.1, 0.15) is 18.1 Å². The number of thioether (sulfide) groups is 1. The Kier molecular flexibility index (Phi) is 5.97. The van der Waals surface area contributed by atoms with Crippen LogP contribution in [-0.2, 0) is 17.1 Å². The minimum atomic E-state index is -0.0478. The summed E-state index contributed by atoms with van der Waals surface area (Å²) >= 11 is 1.53. The molecule has 21 heavy (non-hydrogen) atoms. The van der Waals surface area contributed by atoms with Crippen LogP contribution in [0.5, 0.6) is 0 Å². The molecule has 0 aliphatic carbocycles. The van der Waals surface area contributed by atoms with Crippen molar-refractivity contribution in [3.8, 4) is 0 Å². The molecule has 1 N–H and O–H groups in total. The molecule has 4 nitrogen and oxygen atoms in total. The van der Waals surface area contributed by atoms with E-state index in [0.717, 1.165) is 21.8 Å². The molecular weight excluding hydrogens is 282 g/mol. The van der Waals surface area contributed by atoms with Crippen molar-refractivity contribution in [1.82, 2.24) is 15.3 Å². The molecular formula is C16H17N3OS. The van der Waals surface area contributed by atoms with Crippen LogP contribution in [0.15, 0.2) is 60.0 Å². The van der Waals surface area contributed by atoms with E-state index < -0.39 is 0 Å². The average Bonchev–Trinajstić information content (AvgIpc) is 2.55. The van der Waals surface area contributed by atoms with E-state index in [9.17, 15) is 4.79 Å². The molecule has 2 aromatic rings. The summed E-state index contributed by atoms with van der Waals surface area (Å²) in [5.41, 5.74) is 2.18. The third kappa shape index (κ3) is 5.04. The van der Waals surface area contributed by atoms with Gasteiger partial charge < -0.3 is 5.32 Å². The molecule has 0 aliphatic rings. The second-order valence-corrected chi connectivity index (χ2v) is 5.35. The number of aromatic nitrogens is 2. The van der Waals surface area contributed by atoms with Gasteiger partial charge in [0.2, 0.25) is 0 Å². The zero-order chi connectivity index (χ0) is 14.9. The maximum absolute atomic E-state index is 12.1. The highest BCUT2D eigenvalue weighted by molar-refractivity contribution is 8.03. The normalized spacial score (nSPS) is 11.2. The molecule has 2 aromatic heterocycles. The van der Waals surface area contributed by atoms with Gasteiger partial charge in [0.05, 0.1) is 4.91 Å². The Hall–Kier alpha value is -2.14. The minimum Gasteiger partial charge on any atom is -0.348 e. The van der Waals surface area contributed by atoms with E-state index in [1.54, 1.807) is 24.8 Å². The topological polar surface area (TPSA) is 54.9 Å². The summed E-state index contributed by atoms with van der Waals surface area (Å²) in [7, 11) is 0. The van der Waals surface area contributed by atoms with Crippen LogP contribution in [0.2, 0.25) is 0 Å². The number of hydrogen-bond donors (Lipinski definition) is 1. The van der Waals surface area contributed by atoms with E-state index in [1.165, 1.54) is 11.8 Å². The van der Waals surface area contributed by atoms with Crippen molar-refractivity contribution in [2.45, 2.75) is 19.2 Å². The predicted molar refractivity (Wildman–Crippen MR) is 85.4 cm³/mol. The molecule has 0 spiro atoms. The molecule has 0 saturated heterocycles. The third-order valence-corrected chi connectivity index (χ3v) is 4.04. The van der Waals surface area contributed by atoms with Gasteiger partial charge in [-0.15, -0.1) is 11.8 Å². The molecule has 0 atom stereocenters. The fourth-order valence-corrected chi connectivity index (χ4v) is 2.57. The summed E-state index contributed by atoms with van der Waals surface area (Å²) in [6, 6.07) is 7.68. The monoisotopic (exact) mass is 299 g/mol. The molecule has 5 heteroatoms. The van der Waals surface area contributed by atoms with Gasteiger partial charge in [0.1, 0.15) is 0 Å². The molecule has 2 rings (SSSR count). The highest BCUT2D eigenvalue weighted by Gasteiger charge is 2.09. The summed E-state index contributed by atoms with van der Waals surface area (Å²) in [6.07, 6.45) is 8.80. The Labute approximate surface area is 128 Å². The van der Waals surface area contributed by atoms with Gasteiger partial charge in [0, 0.05) is 37.1 Å². The van der Waals surface area contributed by atoms with Crippen molar-refractivity contribution < 1.29 is 4.79 Å². The first-order valence-corrected chi connectivity index (χ1v) is 7.63. The van der Waals surface area contributed by atoms with E-state index >= 15 is 0 Å². The van der Waals surface area contributed by atoms with Crippen LogP contribution in [-0.4, -0.2) is 15.9 Å². The number of rotatable bonds is 6. The summed E-state index contributed by atoms with van der Waals surface area (Å²) in [6.45, 7) is 2.38. The van der Waals surface area contributed by atoms with E-state index in [4.69, 9.17) is 0 Å². The molecule has 0 aromatic carbocycles. The quantitative estimate of drug-likeness (QED) is 0.833. The van der Waals surface area contributed by atoms with Crippen molar-refractivity contribution >= 4 is 17.7 Å². The lowest BCUT2D eigenvalue weighted by Crippen LogP contribution is -2.23. The fraction of sp³-hybridized carbons (Fsp3) is 0.188. The number of nitrogens with one attached hydrogen (secondary N) is 1. The first-order chi connectivity index (χ1) is 10.3. The summed E-state index contributed by atoms with van der Waals surface area (Å²) in [4.78, 5) is 20.8. The van der Waals surface area contributed by atoms with Gasteiger partial charge in [-0.3, -0.25) is 14.8 Å². The average molecular weight is 299 g/mol. The van der Waals surface area contributed by atoms with Gasteiger partial charge >= 0.3 is 0 Å². The van der Waals surface area contributed by atoms with Gasteiger partial charge in [-0.25, -0.2) is 0 Å². The van der Waals surface area contributed by atoms with Crippen molar-refractivity contribution in [3.05, 3.63) is 71.2 Å². The molecule has 0 unspecified atom stereocenters. The van der Waals surface area contributed by atoms with Crippen LogP contribution < -0.4 is 5.32 Å². The fourth-order valence-electron chi connectivity index (χ4n) is 1.69. The maximum Gasteiger partial charge on any atom is 0.257 e. The highest BCUT2D eigenvalue weighted by atomic mass is 32.2. The van der Waals surface area contributed by atoms with Gasteiger partial charge in [-0.1, -0.05) is 6.08 Å². The van der Waals surface area contributed by atoms with Gasteiger partial charge in [0.15, 0.2) is 0 Å². The Bertz CT molecular complexity index is 599. The molecule has 2 heterocycles. The van der Waals surface area contributed by atoms with Crippen LogP contribution in [0.3, 0.4) is 0 Å². The minimum absolute atomic E-state index is 0.0478. The van der Waals surface area contributed by atoms with Crippen molar-refractivity contribution in [1.29, 1.82) is 0 Å². The predicted octanol–water partition coefficient (Wildman–Crippen LogP) is 2.93. The number of nitrogens with zero attached hydrogens (tertiary/aromatic N) is 2. The lowest BCUT2D eigenvalue weighted by atomic mass is 10.3. The molecule has 0 saturated carbocycles. The lowest BCUT2D eigenvalue weighted by molar-refractivity contribution is -0.116. The molecule has 1 amide bonds. The highest BCUT2D eigenvalue weighted by Crippen LogP contribution is 2.21. The SMILES string of the molecule is C/C=C(\SCc1ccncc1)C(=O)NCc1ccncc1. The van der Waals surface area contributed by atoms with Crippen molar-refractivity contribution in [2.24, 2.45) is 0 Å². The second kappa shape index (κ2) is 8.21. The summed E-state index contributed by atoms with van der Waals surface area (Å²) in [5, 5.41) is 2.92. The Morgan fingerprint density at radius 1 is 1.10 bits per heavy atom. The molecule has 0 fully saturated rings. The van der Waals surface area contributed by atoms with Crippen molar-refractivity contribution in [3.63, 3.8) is 0 Å². The number of carbonyl (C=O) groups excluding carboxylic acids is 1. The summed E-state index contributed by atoms with van der Waals surface area (Å²) in [5.74, 6) is 0.707. The summed E-state index contributed by atoms with van der Waals surface area (Å²) < 4.78 is 0. The van der Waals surface area contributed by atoms with Crippen molar-refractivity contribution in [2.75, 3.05) is 0 Å². The maximum atomic E-state index is 12.1. The van der Waals surface area contributed by atoms with E-state index in [0.29, 0.717) is 6.54 Å². The van der Waals surface area contributed by atoms with Crippen LogP contribution in [0.4, 0.5) is 0 Å². The Balaban J connectivity index is 1.84. The first kappa shape index (κ1) is 15.3.